The van der Waals surface area contributed by atoms with Crippen LogP contribution in [0.15, 0.2) is 48.5 Å². The fourth-order valence-corrected chi connectivity index (χ4v) is 4.02. The number of ether oxygens (including phenoxy) is 2. The highest BCUT2D eigenvalue weighted by atomic mass is 35.5. The average Bonchev–Trinajstić information content (AvgIpc) is 2.85. The number of rotatable bonds is 9. The number of nitrogens with zero attached hydrogens (tertiary/aromatic N) is 1. The first-order valence-corrected chi connectivity index (χ1v) is 12.5. The molecule has 2 N–H and O–H groups in total. The minimum Gasteiger partial charge on any atom is -0.473 e. The highest BCUT2D eigenvalue weighted by Gasteiger charge is 2.25. The second kappa shape index (κ2) is 15.5. The fourth-order valence-electron chi connectivity index (χ4n) is 3.77. The van der Waals surface area contributed by atoms with Gasteiger partial charge in [-0.2, -0.15) is 0 Å². The minimum atomic E-state index is -1.82. The Balaban J connectivity index is 0.000000678. The van der Waals surface area contributed by atoms with E-state index in [1.54, 1.807) is 0 Å². The summed E-state index contributed by atoms with van der Waals surface area (Å²) in [5.41, 5.74) is 2.16. The lowest BCUT2D eigenvalue weighted by atomic mass is 10.00. The molecule has 10 heteroatoms. The van der Waals surface area contributed by atoms with E-state index in [-0.39, 0.29) is 18.2 Å². The molecule has 36 heavy (non-hydrogen) atoms. The molecule has 196 valence electrons. The fraction of sp³-hybridized carbons (Fsp3) is 0.423. The molecule has 1 fully saturated rings. The van der Waals surface area contributed by atoms with Gasteiger partial charge in [0.2, 0.25) is 0 Å². The Labute approximate surface area is 220 Å². The third-order valence-electron chi connectivity index (χ3n) is 5.55. The molecule has 0 radical (unpaired) electrons. The monoisotopic (exact) mass is 539 g/mol. The number of esters is 1. The van der Waals surface area contributed by atoms with Crippen molar-refractivity contribution < 1.29 is 34.1 Å². The lowest BCUT2D eigenvalue weighted by Gasteiger charge is -2.34. The van der Waals surface area contributed by atoms with Gasteiger partial charge in [-0.05, 0) is 68.1 Å². The van der Waals surface area contributed by atoms with Crippen LogP contribution in [0.5, 0.6) is 0 Å². The molecule has 1 heterocycles. The first-order valence-electron chi connectivity index (χ1n) is 11.7. The van der Waals surface area contributed by atoms with Crippen molar-refractivity contribution in [2.24, 2.45) is 0 Å². The van der Waals surface area contributed by atoms with Crippen LogP contribution in [0.1, 0.15) is 49.8 Å². The Morgan fingerprint density at radius 1 is 0.917 bits per heavy atom. The van der Waals surface area contributed by atoms with E-state index in [4.69, 9.17) is 52.5 Å². The van der Waals surface area contributed by atoms with Crippen LogP contribution in [0.2, 0.25) is 10.0 Å². The molecule has 0 aromatic heterocycles. The summed E-state index contributed by atoms with van der Waals surface area (Å²) >= 11 is 12.2. The maximum absolute atomic E-state index is 11.5. The molecular formula is C26H31Cl2NO7. The van der Waals surface area contributed by atoms with Gasteiger partial charge in [-0.1, -0.05) is 47.5 Å². The van der Waals surface area contributed by atoms with Gasteiger partial charge in [-0.25, -0.2) is 9.59 Å². The summed E-state index contributed by atoms with van der Waals surface area (Å²) in [6.45, 7) is 5.15. The Kier molecular flexibility index (Phi) is 12.7. The van der Waals surface area contributed by atoms with Gasteiger partial charge < -0.3 is 24.6 Å². The van der Waals surface area contributed by atoms with Gasteiger partial charge in [-0.15, -0.1) is 0 Å². The minimum absolute atomic E-state index is 0.107. The Morgan fingerprint density at radius 2 is 1.39 bits per heavy atom. The third kappa shape index (κ3) is 10.5. The summed E-state index contributed by atoms with van der Waals surface area (Å²) in [7, 11) is 0. The maximum atomic E-state index is 11.5. The van der Waals surface area contributed by atoms with E-state index in [1.165, 1.54) is 0 Å². The van der Waals surface area contributed by atoms with Crippen molar-refractivity contribution in [1.82, 2.24) is 4.90 Å². The molecule has 3 rings (SSSR count). The molecule has 0 unspecified atom stereocenters. The first kappa shape index (κ1) is 29.6. The number of likely N-dealkylation sites (tertiary alicyclic amines) is 1. The zero-order valence-electron chi connectivity index (χ0n) is 20.1. The van der Waals surface area contributed by atoms with Crippen molar-refractivity contribution in [2.75, 3.05) is 26.2 Å². The van der Waals surface area contributed by atoms with Crippen molar-refractivity contribution in [3.63, 3.8) is 0 Å². The highest BCUT2D eigenvalue weighted by molar-refractivity contribution is 6.30. The van der Waals surface area contributed by atoms with Gasteiger partial charge in [0.1, 0.15) is 6.10 Å². The molecule has 0 aliphatic carbocycles. The van der Waals surface area contributed by atoms with Crippen LogP contribution in [0.4, 0.5) is 0 Å². The van der Waals surface area contributed by atoms with Crippen molar-refractivity contribution in [3.05, 3.63) is 69.7 Å². The number of hydrogen-bond donors (Lipinski definition) is 2. The number of benzene rings is 2. The number of carboxylic acids is 2. The van der Waals surface area contributed by atoms with Gasteiger partial charge in [0.05, 0.1) is 12.7 Å². The summed E-state index contributed by atoms with van der Waals surface area (Å²) in [5.74, 6) is -3.76. The molecule has 8 nitrogen and oxygen atoms in total. The van der Waals surface area contributed by atoms with E-state index in [2.05, 4.69) is 4.90 Å². The van der Waals surface area contributed by atoms with Gasteiger partial charge in [0, 0.05) is 29.6 Å². The molecule has 1 aliphatic rings. The summed E-state index contributed by atoms with van der Waals surface area (Å²) in [5, 5.41) is 16.2. The van der Waals surface area contributed by atoms with Crippen LogP contribution in [0.25, 0.3) is 0 Å². The van der Waals surface area contributed by atoms with Crippen LogP contribution in [0.3, 0.4) is 0 Å². The molecule has 1 saturated heterocycles. The molecule has 0 bridgehead atoms. The molecule has 0 spiro atoms. The van der Waals surface area contributed by atoms with Crippen LogP contribution >= 0.6 is 23.2 Å². The largest absolute Gasteiger partial charge is 0.473 e. The molecule has 2 aromatic carbocycles. The van der Waals surface area contributed by atoms with Crippen molar-refractivity contribution >= 4 is 41.1 Å². The van der Waals surface area contributed by atoms with Crippen LogP contribution in [-0.2, 0) is 23.9 Å². The summed E-state index contributed by atoms with van der Waals surface area (Å²) in [4.78, 5) is 32.1. The Bertz CT molecular complexity index is 917. The molecule has 0 atom stereocenters. The predicted molar refractivity (Wildman–Crippen MR) is 136 cm³/mol. The molecular weight excluding hydrogens is 509 g/mol. The van der Waals surface area contributed by atoms with Crippen molar-refractivity contribution in [3.8, 4) is 0 Å². The number of carboxylic acid groups (broad SMARTS) is 2. The third-order valence-corrected chi connectivity index (χ3v) is 6.06. The second-order valence-electron chi connectivity index (χ2n) is 8.18. The van der Waals surface area contributed by atoms with Crippen molar-refractivity contribution in [1.29, 1.82) is 0 Å². The lowest BCUT2D eigenvalue weighted by molar-refractivity contribution is -0.159. The standard InChI is InChI=1S/C24H29Cl2NO3.C2H2O4/c1-2-29-23(28)4-3-15-27-16-13-22(14-17-27)30-24(18-5-9-20(25)10-6-18)19-7-11-21(26)12-8-19;3-1(4)2(5)6/h5-12,22,24H,2-4,13-17H2,1H3;(H,3,4)(H,5,6). The molecule has 0 saturated carbocycles. The lowest BCUT2D eigenvalue weighted by Crippen LogP contribution is -2.38. The summed E-state index contributed by atoms with van der Waals surface area (Å²) in [6.07, 6.45) is 3.29. The molecule has 1 aliphatic heterocycles. The number of aliphatic carboxylic acids is 2. The zero-order valence-corrected chi connectivity index (χ0v) is 21.6. The SMILES string of the molecule is CCOC(=O)CCCN1CCC(OC(c2ccc(Cl)cc2)c2ccc(Cl)cc2)CC1.O=C(O)C(=O)O. The first-order chi connectivity index (χ1) is 17.2. The Morgan fingerprint density at radius 3 is 1.81 bits per heavy atom. The maximum Gasteiger partial charge on any atom is 0.414 e. The number of halogens is 2. The van der Waals surface area contributed by atoms with E-state index < -0.39 is 11.9 Å². The normalized spacial score (nSPS) is 14.1. The van der Waals surface area contributed by atoms with Crippen LogP contribution in [0, 0.1) is 0 Å². The van der Waals surface area contributed by atoms with Gasteiger partial charge in [0.15, 0.2) is 0 Å². The number of carbonyl (C=O) groups is 3. The van der Waals surface area contributed by atoms with E-state index in [9.17, 15) is 4.79 Å². The second-order valence-corrected chi connectivity index (χ2v) is 9.05. The summed E-state index contributed by atoms with van der Waals surface area (Å²) < 4.78 is 11.6. The number of carbonyl (C=O) groups excluding carboxylic acids is 1. The van der Waals surface area contributed by atoms with Gasteiger partial charge >= 0.3 is 17.9 Å². The topological polar surface area (TPSA) is 113 Å². The molecule has 2 aromatic rings. The van der Waals surface area contributed by atoms with E-state index in [0.717, 1.165) is 50.0 Å². The van der Waals surface area contributed by atoms with E-state index in [1.807, 2.05) is 55.5 Å². The van der Waals surface area contributed by atoms with Gasteiger partial charge in [-0.3, -0.25) is 4.79 Å². The van der Waals surface area contributed by atoms with E-state index in [0.29, 0.717) is 23.1 Å². The zero-order chi connectivity index (χ0) is 26.5. The predicted octanol–water partition coefficient (Wildman–Crippen LogP) is 5.06. The highest BCUT2D eigenvalue weighted by Crippen LogP contribution is 2.31. The van der Waals surface area contributed by atoms with Crippen LogP contribution < -0.4 is 0 Å². The average molecular weight is 540 g/mol. The smallest absolute Gasteiger partial charge is 0.414 e. The quantitative estimate of drug-likeness (QED) is 0.335. The Hall–Kier alpha value is -2.65. The number of hydrogen-bond acceptors (Lipinski definition) is 6. The summed E-state index contributed by atoms with van der Waals surface area (Å²) in [6, 6.07) is 15.7. The number of piperidine rings is 1. The van der Waals surface area contributed by atoms with E-state index >= 15 is 0 Å². The van der Waals surface area contributed by atoms with Gasteiger partial charge in [0.25, 0.3) is 0 Å². The molecule has 0 amide bonds. The van der Waals surface area contributed by atoms with Crippen molar-refractivity contribution in [2.45, 2.75) is 44.8 Å². The van der Waals surface area contributed by atoms with Crippen LogP contribution in [-0.4, -0.2) is 65.4 Å².